The number of nitrogens with zero attached hydrogens (tertiary/aromatic N) is 4. The molecule has 6 heteroatoms. The Hall–Kier alpha value is -2.94. The number of nitrogens with one attached hydrogen (secondary N) is 1. The normalized spacial score (nSPS) is 16.8. The number of hydrogen-bond acceptors (Lipinski definition) is 5. The summed E-state index contributed by atoms with van der Waals surface area (Å²) in [5.41, 5.74) is 1.42. The Labute approximate surface area is 153 Å². The van der Waals surface area contributed by atoms with Crippen LogP contribution in [0.4, 0.5) is 11.5 Å². The molecule has 2 heterocycles. The molecule has 1 amide bonds. The van der Waals surface area contributed by atoms with Crippen molar-refractivity contribution in [1.82, 2.24) is 9.97 Å². The molecule has 0 radical (unpaired) electrons. The van der Waals surface area contributed by atoms with E-state index in [1.807, 2.05) is 6.92 Å². The van der Waals surface area contributed by atoms with Crippen molar-refractivity contribution in [3.05, 3.63) is 47.4 Å². The largest absolute Gasteiger partial charge is 0.354 e. The van der Waals surface area contributed by atoms with Gasteiger partial charge in [0.05, 0.1) is 11.6 Å². The fourth-order valence-corrected chi connectivity index (χ4v) is 3.40. The van der Waals surface area contributed by atoms with Crippen molar-refractivity contribution in [3.8, 4) is 6.07 Å². The Kier molecular flexibility index (Phi) is 5.47. The Morgan fingerprint density at radius 1 is 1.35 bits per heavy atom. The van der Waals surface area contributed by atoms with E-state index in [4.69, 9.17) is 5.26 Å². The molecule has 1 aromatic heterocycles. The van der Waals surface area contributed by atoms with Gasteiger partial charge in [-0.25, -0.2) is 9.97 Å². The monoisotopic (exact) mass is 349 g/mol. The summed E-state index contributed by atoms with van der Waals surface area (Å²) >= 11 is 0. The maximum Gasteiger partial charge on any atom is 0.274 e. The third kappa shape index (κ3) is 3.99. The summed E-state index contributed by atoms with van der Waals surface area (Å²) in [6, 6.07) is 11.1. The lowest BCUT2D eigenvalue weighted by Gasteiger charge is -2.36. The minimum Gasteiger partial charge on any atom is -0.354 e. The third-order valence-electron chi connectivity index (χ3n) is 4.70. The van der Waals surface area contributed by atoms with Crippen molar-refractivity contribution in [2.75, 3.05) is 16.8 Å². The molecule has 26 heavy (non-hydrogen) atoms. The molecule has 0 aliphatic carbocycles. The van der Waals surface area contributed by atoms with Crippen LogP contribution in [0.15, 0.2) is 30.3 Å². The highest BCUT2D eigenvalue weighted by Gasteiger charge is 2.23. The zero-order chi connectivity index (χ0) is 18.5. The molecule has 2 aromatic rings. The number of benzene rings is 1. The molecule has 1 aromatic carbocycles. The number of aromatic nitrogens is 2. The van der Waals surface area contributed by atoms with Crippen LogP contribution in [0.2, 0.25) is 0 Å². The first kappa shape index (κ1) is 17.9. The Morgan fingerprint density at radius 3 is 2.96 bits per heavy atom. The molecule has 6 nitrogen and oxygen atoms in total. The Morgan fingerprint density at radius 2 is 2.19 bits per heavy atom. The molecule has 1 unspecified atom stereocenters. The van der Waals surface area contributed by atoms with Crippen molar-refractivity contribution in [1.29, 1.82) is 5.26 Å². The van der Waals surface area contributed by atoms with Gasteiger partial charge in [0, 0.05) is 24.3 Å². The number of amides is 1. The van der Waals surface area contributed by atoms with Crippen molar-refractivity contribution >= 4 is 17.4 Å². The summed E-state index contributed by atoms with van der Waals surface area (Å²) in [4.78, 5) is 23.8. The van der Waals surface area contributed by atoms with Gasteiger partial charge in [0.1, 0.15) is 17.3 Å². The van der Waals surface area contributed by atoms with Crippen LogP contribution >= 0.6 is 0 Å². The first-order valence-electron chi connectivity index (χ1n) is 9.04. The smallest absolute Gasteiger partial charge is 0.274 e. The minimum atomic E-state index is -0.295. The Bertz CT molecular complexity index is 842. The average molecular weight is 349 g/mol. The van der Waals surface area contributed by atoms with Crippen molar-refractivity contribution in [3.63, 3.8) is 0 Å². The highest BCUT2D eigenvalue weighted by molar-refractivity contribution is 6.03. The van der Waals surface area contributed by atoms with Gasteiger partial charge < -0.3 is 10.2 Å². The summed E-state index contributed by atoms with van der Waals surface area (Å²) in [7, 11) is 0. The number of rotatable bonds is 4. The van der Waals surface area contributed by atoms with Gasteiger partial charge in [-0.2, -0.15) is 5.26 Å². The number of piperidine rings is 1. The van der Waals surface area contributed by atoms with Gasteiger partial charge >= 0.3 is 0 Å². The molecule has 0 bridgehead atoms. The summed E-state index contributed by atoms with van der Waals surface area (Å²) in [5.74, 6) is 1.11. The summed E-state index contributed by atoms with van der Waals surface area (Å²) in [5, 5.41) is 11.8. The van der Waals surface area contributed by atoms with E-state index in [0.29, 0.717) is 28.8 Å². The van der Waals surface area contributed by atoms with E-state index in [9.17, 15) is 4.79 Å². The lowest BCUT2D eigenvalue weighted by Crippen LogP contribution is -2.40. The third-order valence-corrected chi connectivity index (χ3v) is 4.70. The van der Waals surface area contributed by atoms with Crippen LogP contribution in [0, 0.1) is 18.3 Å². The fourth-order valence-electron chi connectivity index (χ4n) is 3.40. The number of aryl methyl sites for hydroxylation is 1. The maximum absolute atomic E-state index is 12.6. The van der Waals surface area contributed by atoms with Crippen LogP contribution in [0.25, 0.3) is 0 Å². The highest BCUT2D eigenvalue weighted by atomic mass is 16.1. The molecule has 1 N–H and O–H groups in total. The van der Waals surface area contributed by atoms with E-state index >= 15 is 0 Å². The number of nitriles is 1. The predicted molar refractivity (Wildman–Crippen MR) is 101 cm³/mol. The summed E-state index contributed by atoms with van der Waals surface area (Å²) in [6.07, 6.45) is 4.59. The van der Waals surface area contributed by atoms with Crippen molar-refractivity contribution < 1.29 is 4.79 Å². The van der Waals surface area contributed by atoms with Gasteiger partial charge in [0.15, 0.2) is 0 Å². The Balaban J connectivity index is 1.84. The zero-order valence-corrected chi connectivity index (χ0v) is 15.2. The topological polar surface area (TPSA) is 81.9 Å². The molecule has 1 atom stereocenters. The highest BCUT2D eigenvalue weighted by Crippen LogP contribution is 2.25. The van der Waals surface area contributed by atoms with Gasteiger partial charge in [0.25, 0.3) is 5.91 Å². The van der Waals surface area contributed by atoms with Gasteiger partial charge in [-0.3, -0.25) is 4.79 Å². The average Bonchev–Trinajstić information content (AvgIpc) is 2.67. The number of carbonyl (C=O) groups excluding carboxylic acids is 1. The lowest BCUT2D eigenvalue weighted by molar-refractivity contribution is 0.102. The molecule has 1 aliphatic heterocycles. The molecule has 0 spiro atoms. The van der Waals surface area contributed by atoms with Crippen LogP contribution in [-0.2, 0) is 0 Å². The van der Waals surface area contributed by atoms with Crippen LogP contribution in [0.5, 0.6) is 0 Å². The van der Waals surface area contributed by atoms with Crippen LogP contribution in [-0.4, -0.2) is 28.5 Å². The summed E-state index contributed by atoms with van der Waals surface area (Å²) in [6.45, 7) is 4.95. The fraction of sp³-hybridized carbons (Fsp3) is 0.400. The van der Waals surface area contributed by atoms with E-state index in [0.717, 1.165) is 31.6 Å². The number of hydrogen-bond donors (Lipinski definition) is 1. The van der Waals surface area contributed by atoms with E-state index in [-0.39, 0.29) is 5.91 Å². The van der Waals surface area contributed by atoms with E-state index < -0.39 is 0 Å². The second kappa shape index (κ2) is 7.96. The number of carbonyl (C=O) groups is 1. The lowest BCUT2D eigenvalue weighted by atomic mass is 10.00. The van der Waals surface area contributed by atoms with E-state index in [1.165, 1.54) is 6.42 Å². The molecule has 3 rings (SSSR count). The van der Waals surface area contributed by atoms with Crippen LogP contribution < -0.4 is 10.2 Å². The van der Waals surface area contributed by atoms with Gasteiger partial charge in [-0.1, -0.05) is 13.0 Å². The molecule has 0 saturated carbocycles. The summed E-state index contributed by atoms with van der Waals surface area (Å²) < 4.78 is 0. The minimum absolute atomic E-state index is 0.295. The van der Waals surface area contributed by atoms with Crippen LogP contribution in [0.3, 0.4) is 0 Å². The van der Waals surface area contributed by atoms with Gasteiger partial charge in [0.2, 0.25) is 0 Å². The molecular formula is C20H23N5O. The van der Waals surface area contributed by atoms with E-state index in [2.05, 4.69) is 33.2 Å². The number of anilines is 2. The second-order valence-corrected chi connectivity index (χ2v) is 6.56. The quantitative estimate of drug-likeness (QED) is 0.910. The SMILES string of the molecule is CCC1CCCCN1c1cc(C(=O)Nc2cccc(C#N)c2)nc(C)n1. The first-order valence-corrected chi connectivity index (χ1v) is 9.04. The standard InChI is InChI=1S/C20H23N5O/c1-3-17-9-4-5-10-25(17)19-12-18(22-14(2)23-19)20(26)24-16-8-6-7-15(11-16)13-21/h6-8,11-12,17H,3-5,9-10H2,1-2H3,(H,24,26). The zero-order valence-electron chi connectivity index (χ0n) is 15.2. The molecular weight excluding hydrogens is 326 g/mol. The van der Waals surface area contributed by atoms with Crippen molar-refractivity contribution in [2.45, 2.75) is 45.6 Å². The molecule has 1 aliphatic rings. The van der Waals surface area contributed by atoms with Crippen LogP contribution in [0.1, 0.15) is 54.5 Å². The van der Waals surface area contributed by atoms with Gasteiger partial charge in [-0.05, 0) is 50.8 Å². The first-order chi connectivity index (χ1) is 12.6. The van der Waals surface area contributed by atoms with Gasteiger partial charge in [-0.15, -0.1) is 0 Å². The maximum atomic E-state index is 12.6. The molecule has 1 saturated heterocycles. The van der Waals surface area contributed by atoms with E-state index in [1.54, 1.807) is 30.3 Å². The molecule has 134 valence electrons. The predicted octanol–water partition coefficient (Wildman–Crippen LogP) is 3.68. The van der Waals surface area contributed by atoms with Crippen molar-refractivity contribution in [2.24, 2.45) is 0 Å². The molecule has 1 fully saturated rings. The second-order valence-electron chi connectivity index (χ2n) is 6.56.